The van der Waals surface area contributed by atoms with Gasteiger partial charge in [0.2, 0.25) is 5.16 Å². The van der Waals surface area contributed by atoms with E-state index in [-0.39, 0.29) is 5.63 Å². The lowest BCUT2D eigenvalue weighted by Crippen LogP contribution is -2.00. The summed E-state index contributed by atoms with van der Waals surface area (Å²) >= 11 is 7.39. The van der Waals surface area contributed by atoms with Gasteiger partial charge in [0.05, 0.1) is 0 Å². The number of hydrogen-bond donors (Lipinski definition) is 1. The van der Waals surface area contributed by atoms with Crippen LogP contribution < -0.4 is 5.63 Å². The van der Waals surface area contributed by atoms with Crippen molar-refractivity contribution in [1.82, 2.24) is 15.2 Å². The molecule has 4 rings (SSSR count). The van der Waals surface area contributed by atoms with E-state index in [2.05, 4.69) is 21.2 Å². The molecule has 2 aromatic heterocycles. The fourth-order valence-electron chi connectivity index (χ4n) is 2.79. The number of hydrogen-bond acceptors (Lipinski definition) is 5. The normalized spacial score (nSPS) is 11.2. The van der Waals surface area contributed by atoms with Crippen LogP contribution in [-0.2, 0) is 5.75 Å². The number of fused-ring (bicyclic) bond motifs is 1. The van der Waals surface area contributed by atoms with Crippen molar-refractivity contribution in [2.75, 3.05) is 0 Å². The molecule has 1 N–H and O–H groups in total. The summed E-state index contributed by atoms with van der Waals surface area (Å²) in [5.74, 6) is 1.25. The molecule has 0 aliphatic carbocycles. The molecule has 0 amide bonds. The zero-order chi connectivity index (χ0) is 19.0. The molecule has 0 spiro atoms. The number of H-pyrrole nitrogens is 1. The van der Waals surface area contributed by atoms with E-state index in [4.69, 9.17) is 16.0 Å². The van der Waals surface area contributed by atoms with Gasteiger partial charge in [-0.25, -0.2) is 9.78 Å². The molecule has 0 fully saturated rings. The minimum absolute atomic E-state index is 0.349. The van der Waals surface area contributed by atoms with Gasteiger partial charge >= 0.3 is 5.63 Å². The van der Waals surface area contributed by atoms with Crippen molar-refractivity contribution in [1.29, 1.82) is 0 Å². The minimum Gasteiger partial charge on any atom is -0.423 e. The number of thioether (sulfide) groups is 1. The molecule has 0 aliphatic heterocycles. The molecule has 27 heavy (non-hydrogen) atoms. The monoisotopic (exact) mass is 397 g/mol. The van der Waals surface area contributed by atoms with E-state index in [0.29, 0.717) is 27.3 Å². The largest absolute Gasteiger partial charge is 0.423 e. The Balaban J connectivity index is 1.60. The van der Waals surface area contributed by atoms with Gasteiger partial charge in [-0.2, -0.15) is 0 Å². The highest BCUT2D eigenvalue weighted by molar-refractivity contribution is 7.98. The number of aromatic nitrogens is 3. The predicted molar refractivity (Wildman–Crippen MR) is 108 cm³/mol. The molecule has 4 aromatic rings. The van der Waals surface area contributed by atoms with Gasteiger partial charge < -0.3 is 4.42 Å². The molecule has 136 valence electrons. The maximum absolute atomic E-state index is 11.9. The Morgan fingerprint density at radius 2 is 1.85 bits per heavy atom. The first-order valence-electron chi connectivity index (χ1n) is 8.35. The van der Waals surface area contributed by atoms with Crippen molar-refractivity contribution >= 4 is 34.3 Å². The predicted octanol–water partition coefficient (Wildman–Crippen LogP) is 5.14. The topological polar surface area (TPSA) is 71.8 Å². The fraction of sp³-hybridized carbons (Fsp3) is 0.150. The van der Waals surface area contributed by atoms with Gasteiger partial charge in [-0.15, -0.1) is 5.10 Å². The second-order valence-electron chi connectivity index (χ2n) is 6.29. The van der Waals surface area contributed by atoms with E-state index >= 15 is 0 Å². The van der Waals surface area contributed by atoms with Gasteiger partial charge in [0.1, 0.15) is 5.58 Å². The standard InChI is InChI=1S/C20H16ClN3O2S/c1-11-7-16-14(9-18(25)26-17(16)8-12(11)2)10-27-20-22-19(23-24-20)13-3-5-15(21)6-4-13/h3-9H,10H2,1-2H3,(H,22,23,24). The van der Waals surface area contributed by atoms with Gasteiger partial charge in [0.25, 0.3) is 0 Å². The van der Waals surface area contributed by atoms with Crippen LogP contribution in [0.25, 0.3) is 22.4 Å². The Bertz CT molecular complexity index is 1180. The van der Waals surface area contributed by atoms with Gasteiger partial charge in [-0.3, -0.25) is 5.10 Å². The van der Waals surface area contributed by atoms with E-state index in [1.807, 2.05) is 44.2 Å². The van der Waals surface area contributed by atoms with Crippen LogP contribution in [0.15, 0.2) is 56.8 Å². The van der Waals surface area contributed by atoms with E-state index in [1.54, 1.807) is 0 Å². The first-order valence-corrected chi connectivity index (χ1v) is 9.71. The first-order chi connectivity index (χ1) is 13.0. The number of aromatic amines is 1. The summed E-state index contributed by atoms with van der Waals surface area (Å²) in [5, 5.41) is 9.43. The Kier molecular flexibility index (Phi) is 4.76. The summed E-state index contributed by atoms with van der Waals surface area (Å²) in [6, 6.07) is 12.9. The van der Waals surface area contributed by atoms with Gasteiger partial charge in [-0.1, -0.05) is 23.4 Å². The molecule has 0 radical (unpaired) electrons. The molecule has 0 saturated carbocycles. The number of halogens is 1. The molecule has 2 heterocycles. The molecule has 5 nitrogen and oxygen atoms in total. The Labute approximate surface area is 164 Å². The Morgan fingerprint density at radius 1 is 1.11 bits per heavy atom. The average Bonchev–Trinajstić information content (AvgIpc) is 3.11. The minimum atomic E-state index is -0.349. The van der Waals surface area contributed by atoms with E-state index in [0.717, 1.165) is 27.6 Å². The SMILES string of the molecule is Cc1cc2oc(=O)cc(CSc3n[nH]c(-c4ccc(Cl)cc4)n3)c2cc1C. The number of benzene rings is 2. The highest BCUT2D eigenvalue weighted by Crippen LogP contribution is 2.27. The second kappa shape index (κ2) is 7.21. The summed E-state index contributed by atoms with van der Waals surface area (Å²) in [7, 11) is 0. The summed E-state index contributed by atoms with van der Waals surface area (Å²) in [6.45, 7) is 4.05. The van der Waals surface area contributed by atoms with Crippen LogP contribution in [0, 0.1) is 13.8 Å². The van der Waals surface area contributed by atoms with Crippen LogP contribution in [0.1, 0.15) is 16.7 Å². The third-order valence-corrected chi connectivity index (χ3v) is 5.53. The van der Waals surface area contributed by atoms with E-state index in [1.165, 1.54) is 17.8 Å². The van der Waals surface area contributed by atoms with Crippen molar-refractivity contribution in [3.05, 3.63) is 74.6 Å². The summed E-state index contributed by atoms with van der Waals surface area (Å²) in [6.07, 6.45) is 0. The summed E-state index contributed by atoms with van der Waals surface area (Å²) in [4.78, 5) is 16.4. The molecule has 0 atom stereocenters. The first kappa shape index (κ1) is 17.8. The Morgan fingerprint density at radius 3 is 2.63 bits per heavy atom. The van der Waals surface area contributed by atoms with Gasteiger partial charge in [0.15, 0.2) is 5.82 Å². The molecule has 7 heteroatoms. The van der Waals surface area contributed by atoms with Crippen molar-refractivity contribution < 1.29 is 4.42 Å². The maximum Gasteiger partial charge on any atom is 0.336 e. The molecule has 0 saturated heterocycles. The van der Waals surface area contributed by atoms with Crippen LogP contribution >= 0.6 is 23.4 Å². The third-order valence-electron chi connectivity index (χ3n) is 4.38. The van der Waals surface area contributed by atoms with Crippen molar-refractivity contribution in [3.63, 3.8) is 0 Å². The molecule has 0 bridgehead atoms. The second-order valence-corrected chi connectivity index (χ2v) is 7.66. The lowest BCUT2D eigenvalue weighted by molar-refractivity contribution is 0.559. The van der Waals surface area contributed by atoms with Crippen LogP contribution in [0.4, 0.5) is 0 Å². The van der Waals surface area contributed by atoms with Crippen LogP contribution in [0.2, 0.25) is 5.02 Å². The van der Waals surface area contributed by atoms with Crippen molar-refractivity contribution in [2.45, 2.75) is 24.8 Å². The number of nitrogens with zero attached hydrogens (tertiary/aromatic N) is 2. The molecule has 0 unspecified atom stereocenters. The number of rotatable bonds is 4. The van der Waals surface area contributed by atoms with Gasteiger partial charge in [0, 0.05) is 27.8 Å². The zero-order valence-corrected chi connectivity index (χ0v) is 16.3. The van der Waals surface area contributed by atoms with E-state index in [9.17, 15) is 4.79 Å². The van der Waals surface area contributed by atoms with Crippen LogP contribution in [0.3, 0.4) is 0 Å². The van der Waals surface area contributed by atoms with Gasteiger partial charge in [-0.05, 0) is 66.9 Å². The number of aryl methyl sites for hydroxylation is 2. The lowest BCUT2D eigenvalue weighted by Gasteiger charge is -2.07. The molecule has 0 aliphatic rings. The molecular formula is C20H16ClN3O2S. The van der Waals surface area contributed by atoms with Crippen LogP contribution in [0.5, 0.6) is 0 Å². The summed E-state index contributed by atoms with van der Waals surface area (Å²) in [5.41, 5.74) is 4.33. The van der Waals surface area contributed by atoms with Crippen LogP contribution in [-0.4, -0.2) is 15.2 Å². The Hall–Kier alpha value is -2.57. The van der Waals surface area contributed by atoms with E-state index < -0.39 is 0 Å². The lowest BCUT2D eigenvalue weighted by atomic mass is 10.0. The fourth-order valence-corrected chi connectivity index (χ4v) is 3.71. The third kappa shape index (κ3) is 3.77. The average molecular weight is 398 g/mol. The smallest absolute Gasteiger partial charge is 0.336 e. The maximum atomic E-state index is 11.9. The number of nitrogens with one attached hydrogen (secondary N) is 1. The van der Waals surface area contributed by atoms with Crippen molar-refractivity contribution in [3.8, 4) is 11.4 Å². The quantitative estimate of drug-likeness (QED) is 0.381. The zero-order valence-electron chi connectivity index (χ0n) is 14.7. The summed E-state index contributed by atoms with van der Waals surface area (Å²) < 4.78 is 5.35. The molecular weight excluding hydrogens is 382 g/mol. The highest BCUT2D eigenvalue weighted by atomic mass is 35.5. The molecule has 2 aromatic carbocycles. The van der Waals surface area contributed by atoms with Crippen molar-refractivity contribution in [2.24, 2.45) is 0 Å². The highest BCUT2D eigenvalue weighted by Gasteiger charge is 2.11.